The molecule has 1 aliphatic carbocycles. The van der Waals surface area contributed by atoms with Crippen molar-refractivity contribution in [1.29, 1.82) is 0 Å². The molecule has 1 saturated carbocycles. The summed E-state index contributed by atoms with van der Waals surface area (Å²) >= 11 is 0. The van der Waals surface area contributed by atoms with Crippen LogP contribution in [0.15, 0.2) is 0 Å². The van der Waals surface area contributed by atoms with Crippen LogP contribution in [0.25, 0.3) is 0 Å². The molecule has 3 N–H and O–H groups in total. The van der Waals surface area contributed by atoms with Crippen LogP contribution in [-0.4, -0.2) is 30.5 Å². The molecule has 5 heteroatoms. The number of carbonyl (C=O) groups excluding carboxylic acids is 1. The number of hydrogen-bond acceptors (Lipinski definition) is 5. The molecule has 15 heavy (non-hydrogen) atoms. The first-order valence-electron chi connectivity index (χ1n) is 5.64. The van der Waals surface area contributed by atoms with Gasteiger partial charge < -0.3 is 9.74 Å². The lowest BCUT2D eigenvalue weighted by Gasteiger charge is -2.31. The predicted octanol–water partition coefficient (Wildman–Crippen LogP) is 0.420. The zero-order chi connectivity index (χ0) is 11.1. The van der Waals surface area contributed by atoms with Crippen molar-refractivity contribution in [3.8, 4) is 0 Å². The first-order valence-corrected chi connectivity index (χ1v) is 5.64. The van der Waals surface area contributed by atoms with Crippen molar-refractivity contribution in [3.05, 3.63) is 0 Å². The van der Waals surface area contributed by atoms with Crippen LogP contribution in [0.1, 0.15) is 32.6 Å². The molecule has 0 radical (unpaired) electrons. The summed E-state index contributed by atoms with van der Waals surface area (Å²) in [5, 5.41) is 0. The van der Waals surface area contributed by atoms with Crippen LogP contribution in [0.3, 0.4) is 0 Å². The van der Waals surface area contributed by atoms with E-state index in [9.17, 15) is 4.79 Å². The molecule has 0 aliphatic heterocycles. The van der Waals surface area contributed by atoms with E-state index in [1.54, 1.807) is 0 Å². The van der Waals surface area contributed by atoms with Gasteiger partial charge in [-0.2, -0.15) is 0 Å². The van der Waals surface area contributed by atoms with E-state index in [1.807, 2.05) is 5.59 Å². The molecule has 0 saturated heterocycles. The molecule has 1 rings (SSSR count). The largest absolute Gasteiger partial charge is 0.356 e. The fourth-order valence-corrected chi connectivity index (χ4v) is 1.79. The normalized spacial score (nSPS) is 16.5. The smallest absolute Gasteiger partial charge is 0.327 e. The van der Waals surface area contributed by atoms with Gasteiger partial charge >= 0.3 is 5.97 Å². The van der Waals surface area contributed by atoms with Crippen LogP contribution in [0, 0.1) is 5.92 Å². The van der Waals surface area contributed by atoms with Crippen LogP contribution >= 0.6 is 0 Å². The van der Waals surface area contributed by atoms with Crippen molar-refractivity contribution in [1.82, 2.24) is 10.5 Å². The summed E-state index contributed by atoms with van der Waals surface area (Å²) in [6, 6.07) is 0. The molecule has 1 aliphatic rings. The number of hydrogen-bond donors (Lipinski definition) is 2. The lowest BCUT2D eigenvalue weighted by molar-refractivity contribution is -0.151. The zero-order valence-electron chi connectivity index (χ0n) is 9.37. The Morgan fingerprint density at radius 1 is 1.60 bits per heavy atom. The summed E-state index contributed by atoms with van der Waals surface area (Å²) in [7, 11) is 0. The third kappa shape index (κ3) is 4.59. The van der Waals surface area contributed by atoms with Crippen LogP contribution in [-0.2, 0) is 9.63 Å². The molecule has 0 atom stereocenters. The summed E-state index contributed by atoms with van der Waals surface area (Å²) in [5.41, 5.74) is 1.90. The minimum Gasteiger partial charge on any atom is -0.356 e. The van der Waals surface area contributed by atoms with Crippen molar-refractivity contribution >= 4 is 5.97 Å². The fourth-order valence-electron chi connectivity index (χ4n) is 1.79. The standard InChI is InChI=1S/C10H21N3O2/c1-2-13(8-9-4-3-5-9)7-6-10(14)15-12-11/h9,12H,2-8,11H2,1H3. The first-order chi connectivity index (χ1) is 7.26. The molecule has 0 aromatic rings. The van der Waals surface area contributed by atoms with E-state index in [0.29, 0.717) is 6.42 Å². The average molecular weight is 215 g/mol. The van der Waals surface area contributed by atoms with E-state index in [2.05, 4.69) is 16.7 Å². The summed E-state index contributed by atoms with van der Waals surface area (Å²) in [6.07, 6.45) is 4.43. The summed E-state index contributed by atoms with van der Waals surface area (Å²) in [5.74, 6) is 5.41. The Kier molecular flexibility index (Phi) is 5.60. The summed E-state index contributed by atoms with van der Waals surface area (Å²) in [4.78, 5) is 17.8. The number of rotatable bonds is 7. The van der Waals surface area contributed by atoms with Crippen LogP contribution in [0.5, 0.6) is 0 Å². The van der Waals surface area contributed by atoms with Crippen molar-refractivity contribution in [2.45, 2.75) is 32.6 Å². The highest BCUT2D eigenvalue weighted by molar-refractivity contribution is 5.69. The van der Waals surface area contributed by atoms with E-state index in [1.165, 1.54) is 19.3 Å². The van der Waals surface area contributed by atoms with Gasteiger partial charge in [0.2, 0.25) is 0 Å². The van der Waals surface area contributed by atoms with Gasteiger partial charge in [0, 0.05) is 13.1 Å². The van der Waals surface area contributed by atoms with Gasteiger partial charge in [-0.15, -0.1) is 0 Å². The first kappa shape index (κ1) is 12.4. The number of carbonyl (C=O) groups is 1. The fraction of sp³-hybridized carbons (Fsp3) is 0.900. The lowest BCUT2D eigenvalue weighted by atomic mass is 9.85. The second kappa shape index (κ2) is 6.76. The van der Waals surface area contributed by atoms with Crippen molar-refractivity contribution < 1.29 is 9.63 Å². The molecule has 5 nitrogen and oxygen atoms in total. The molecular formula is C10H21N3O2. The predicted molar refractivity (Wildman–Crippen MR) is 57.5 cm³/mol. The van der Waals surface area contributed by atoms with Gasteiger partial charge in [0.15, 0.2) is 0 Å². The van der Waals surface area contributed by atoms with E-state index >= 15 is 0 Å². The maximum atomic E-state index is 11.0. The highest BCUT2D eigenvalue weighted by Crippen LogP contribution is 2.26. The Labute approximate surface area is 90.9 Å². The molecule has 0 unspecified atom stereocenters. The molecule has 0 bridgehead atoms. The summed E-state index contributed by atoms with van der Waals surface area (Å²) in [6.45, 7) is 4.97. The SMILES string of the molecule is CCN(CCC(=O)ONN)CC1CCC1. The van der Waals surface area contributed by atoms with E-state index in [-0.39, 0.29) is 5.97 Å². The van der Waals surface area contributed by atoms with Crippen LogP contribution in [0.4, 0.5) is 0 Å². The summed E-state index contributed by atoms with van der Waals surface area (Å²) < 4.78 is 0. The number of hydrazine groups is 1. The average Bonchev–Trinajstić information content (AvgIpc) is 2.16. The zero-order valence-corrected chi connectivity index (χ0v) is 9.37. The Morgan fingerprint density at radius 3 is 2.80 bits per heavy atom. The number of nitrogens with zero attached hydrogens (tertiary/aromatic N) is 1. The van der Waals surface area contributed by atoms with Gasteiger partial charge in [-0.3, -0.25) is 4.79 Å². The van der Waals surface area contributed by atoms with Gasteiger partial charge in [-0.25, -0.2) is 5.84 Å². The van der Waals surface area contributed by atoms with Gasteiger partial charge in [0.05, 0.1) is 6.42 Å². The minimum atomic E-state index is -0.301. The van der Waals surface area contributed by atoms with E-state index in [0.717, 1.165) is 25.6 Å². The van der Waals surface area contributed by atoms with Crippen molar-refractivity contribution in [3.63, 3.8) is 0 Å². The Morgan fingerprint density at radius 2 is 2.33 bits per heavy atom. The molecule has 0 spiro atoms. The van der Waals surface area contributed by atoms with Crippen LogP contribution in [0.2, 0.25) is 0 Å². The molecule has 1 fully saturated rings. The molecule has 0 heterocycles. The van der Waals surface area contributed by atoms with Gasteiger partial charge in [0.25, 0.3) is 0 Å². The topological polar surface area (TPSA) is 67.6 Å². The molecule has 0 aromatic carbocycles. The number of nitrogens with one attached hydrogen (secondary N) is 1. The minimum absolute atomic E-state index is 0.301. The molecular weight excluding hydrogens is 194 g/mol. The van der Waals surface area contributed by atoms with E-state index in [4.69, 9.17) is 5.84 Å². The quantitative estimate of drug-likeness (QED) is 0.476. The van der Waals surface area contributed by atoms with E-state index < -0.39 is 0 Å². The Hall–Kier alpha value is -0.650. The third-order valence-electron chi connectivity index (χ3n) is 2.99. The second-order valence-electron chi connectivity index (χ2n) is 4.03. The van der Waals surface area contributed by atoms with Crippen molar-refractivity contribution in [2.75, 3.05) is 19.6 Å². The van der Waals surface area contributed by atoms with Crippen LogP contribution < -0.4 is 11.4 Å². The third-order valence-corrected chi connectivity index (χ3v) is 2.99. The Bertz CT molecular complexity index is 195. The molecule has 88 valence electrons. The Balaban J connectivity index is 2.12. The monoisotopic (exact) mass is 215 g/mol. The second-order valence-corrected chi connectivity index (χ2v) is 4.03. The molecule has 0 amide bonds. The maximum absolute atomic E-state index is 11.0. The highest BCUT2D eigenvalue weighted by atomic mass is 16.7. The van der Waals surface area contributed by atoms with Gasteiger partial charge in [-0.1, -0.05) is 18.9 Å². The highest BCUT2D eigenvalue weighted by Gasteiger charge is 2.20. The maximum Gasteiger partial charge on any atom is 0.327 e. The van der Waals surface area contributed by atoms with Gasteiger partial charge in [-0.05, 0) is 25.3 Å². The number of nitrogens with two attached hydrogens (primary N) is 1. The van der Waals surface area contributed by atoms with Gasteiger partial charge in [0.1, 0.15) is 0 Å². The lowest BCUT2D eigenvalue weighted by Crippen LogP contribution is -2.35. The molecule has 0 aromatic heterocycles. The van der Waals surface area contributed by atoms with Crippen molar-refractivity contribution in [2.24, 2.45) is 11.8 Å².